The fourth-order valence-electron chi connectivity index (χ4n) is 3.09. The van der Waals surface area contributed by atoms with Crippen molar-refractivity contribution in [1.82, 2.24) is 21.0 Å². The largest absolute Gasteiger partial charge is 0.339 e. The van der Waals surface area contributed by atoms with Gasteiger partial charge in [-0.2, -0.15) is 4.98 Å². The van der Waals surface area contributed by atoms with E-state index in [1.54, 1.807) is 0 Å². The Morgan fingerprint density at radius 3 is 2.61 bits per heavy atom. The van der Waals surface area contributed by atoms with Crippen LogP contribution in [0.3, 0.4) is 0 Å². The van der Waals surface area contributed by atoms with Crippen LogP contribution in [-0.2, 0) is 29.5 Å². The summed E-state index contributed by atoms with van der Waals surface area (Å²) in [7, 11) is 0. The average Bonchev–Trinajstić information content (AvgIpc) is 3.25. The van der Waals surface area contributed by atoms with E-state index in [1.165, 1.54) is 47.5 Å². The number of hydrogen-bond acceptors (Lipinski definition) is 6. The van der Waals surface area contributed by atoms with Gasteiger partial charge in [-0.3, -0.25) is 20.4 Å². The monoisotopic (exact) mass is 404 g/mol. The number of carbonyl (C=O) groups excluding carboxylic acids is 2. The van der Waals surface area contributed by atoms with Gasteiger partial charge in [-0.05, 0) is 37.3 Å². The number of aryl methyl sites for hydroxylation is 3. The minimum absolute atomic E-state index is 0.160. The molecule has 152 valence electrons. The summed E-state index contributed by atoms with van der Waals surface area (Å²) in [5.74, 6) is 0.477. The molecule has 1 aliphatic rings. The molecule has 2 amide bonds. The quantitative estimate of drug-likeness (QED) is 0.761. The summed E-state index contributed by atoms with van der Waals surface area (Å²) in [6.07, 6.45) is 7.43. The summed E-state index contributed by atoms with van der Waals surface area (Å²) in [5.41, 5.74) is 6.07. The third kappa shape index (κ3) is 5.41. The van der Waals surface area contributed by atoms with Gasteiger partial charge in [0, 0.05) is 23.1 Å². The van der Waals surface area contributed by atoms with E-state index in [1.807, 2.05) is 26.8 Å². The van der Waals surface area contributed by atoms with Crippen LogP contribution in [0.15, 0.2) is 10.6 Å². The fourth-order valence-corrected chi connectivity index (χ4v) is 4.24. The highest BCUT2D eigenvalue weighted by Gasteiger charge is 2.21. The molecule has 2 aromatic rings. The minimum Gasteiger partial charge on any atom is -0.339 e. The molecule has 0 aliphatic heterocycles. The molecule has 0 bridgehead atoms. The number of nitrogens with zero attached hydrogens (tertiary/aromatic N) is 2. The van der Waals surface area contributed by atoms with Gasteiger partial charge < -0.3 is 4.52 Å². The first-order valence-electron chi connectivity index (χ1n) is 9.87. The summed E-state index contributed by atoms with van der Waals surface area (Å²) in [6, 6.07) is 1.97. The van der Waals surface area contributed by atoms with Crippen molar-refractivity contribution in [2.45, 2.75) is 77.6 Å². The van der Waals surface area contributed by atoms with Gasteiger partial charge in [0.15, 0.2) is 5.82 Å². The molecular formula is C20H28N4O3S. The number of rotatable bonds is 4. The predicted molar refractivity (Wildman–Crippen MR) is 107 cm³/mol. The molecule has 0 spiro atoms. The molecule has 0 fully saturated rings. The van der Waals surface area contributed by atoms with Crippen LogP contribution in [0, 0.1) is 0 Å². The number of thiophene rings is 1. The van der Waals surface area contributed by atoms with Gasteiger partial charge >= 0.3 is 0 Å². The van der Waals surface area contributed by atoms with E-state index < -0.39 is 0 Å². The van der Waals surface area contributed by atoms with Crippen molar-refractivity contribution < 1.29 is 14.1 Å². The second-order valence-corrected chi connectivity index (χ2v) is 9.37. The van der Waals surface area contributed by atoms with E-state index in [-0.39, 0.29) is 23.7 Å². The van der Waals surface area contributed by atoms with Crippen LogP contribution in [0.25, 0.3) is 0 Å². The van der Waals surface area contributed by atoms with E-state index in [0.717, 1.165) is 12.8 Å². The first-order valence-corrected chi connectivity index (χ1v) is 10.7. The van der Waals surface area contributed by atoms with Crippen LogP contribution in [0.4, 0.5) is 0 Å². The molecule has 1 aliphatic carbocycles. The van der Waals surface area contributed by atoms with Crippen LogP contribution in [0.2, 0.25) is 0 Å². The van der Waals surface area contributed by atoms with E-state index in [9.17, 15) is 9.59 Å². The summed E-state index contributed by atoms with van der Waals surface area (Å²) in [4.78, 5) is 30.7. The van der Waals surface area contributed by atoms with E-state index >= 15 is 0 Å². The van der Waals surface area contributed by atoms with Gasteiger partial charge in [-0.25, -0.2) is 0 Å². The lowest BCUT2D eigenvalue weighted by atomic mass is 9.96. The minimum atomic E-state index is -0.293. The SMILES string of the molecule is CC(C)(C)c1noc(CCC(=O)NNC(=O)c2cc3c(s2)CCCCCC3)n1. The number of fused-ring (bicyclic) bond motifs is 1. The molecule has 0 unspecified atom stereocenters. The summed E-state index contributed by atoms with van der Waals surface area (Å²) in [5, 5.41) is 3.94. The Morgan fingerprint density at radius 1 is 1.14 bits per heavy atom. The average molecular weight is 405 g/mol. The molecule has 2 aromatic heterocycles. The second kappa shape index (κ2) is 8.86. The summed E-state index contributed by atoms with van der Waals surface area (Å²) >= 11 is 1.54. The molecule has 7 nitrogen and oxygen atoms in total. The first-order chi connectivity index (χ1) is 13.3. The van der Waals surface area contributed by atoms with Crippen molar-refractivity contribution in [1.29, 1.82) is 0 Å². The molecule has 3 rings (SSSR count). The molecule has 2 heterocycles. The van der Waals surface area contributed by atoms with Crippen LogP contribution in [0.1, 0.15) is 84.7 Å². The number of aromatic nitrogens is 2. The maximum absolute atomic E-state index is 12.4. The Kier molecular flexibility index (Phi) is 6.49. The standard InChI is InChI=1S/C20H28N4O3S/c1-20(2,3)19-21-17(27-24-19)11-10-16(25)22-23-18(26)15-12-13-8-6-4-5-7-9-14(13)28-15/h12H,4-11H2,1-3H3,(H,22,25)(H,23,26). The van der Waals surface area contributed by atoms with E-state index in [4.69, 9.17) is 4.52 Å². The highest BCUT2D eigenvalue weighted by atomic mass is 32.1. The number of nitrogens with one attached hydrogen (secondary N) is 2. The topological polar surface area (TPSA) is 97.1 Å². The molecule has 0 saturated carbocycles. The number of hydrogen-bond donors (Lipinski definition) is 2. The maximum atomic E-state index is 12.4. The summed E-state index contributed by atoms with van der Waals surface area (Å²) in [6.45, 7) is 5.99. The van der Waals surface area contributed by atoms with Gasteiger partial charge in [0.1, 0.15) is 0 Å². The predicted octanol–water partition coefficient (Wildman–Crippen LogP) is 3.48. The third-order valence-electron chi connectivity index (χ3n) is 4.74. The zero-order chi connectivity index (χ0) is 20.1. The molecule has 0 aromatic carbocycles. The Labute approximate surface area is 169 Å². The van der Waals surface area contributed by atoms with Crippen LogP contribution >= 0.6 is 11.3 Å². The molecule has 0 saturated heterocycles. The normalized spacial score (nSPS) is 14.7. The lowest BCUT2D eigenvalue weighted by Gasteiger charge is -2.10. The zero-order valence-electron chi connectivity index (χ0n) is 16.8. The van der Waals surface area contributed by atoms with Crippen LogP contribution < -0.4 is 10.9 Å². The van der Waals surface area contributed by atoms with Crippen LogP contribution in [0.5, 0.6) is 0 Å². The van der Waals surface area contributed by atoms with Crippen LogP contribution in [-0.4, -0.2) is 22.0 Å². The Morgan fingerprint density at radius 2 is 1.89 bits per heavy atom. The summed E-state index contributed by atoms with van der Waals surface area (Å²) < 4.78 is 5.18. The van der Waals surface area contributed by atoms with Crippen molar-refractivity contribution in [3.8, 4) is 0 Å². The van der Waals surface area contributed by atoms with E-state index in [2.05, 4.69) is 21.0 Å². The molecular weight excluding hydrogens is 376 g/mol. The molecule has 2 N–H and O–H groups in total. The van der Waals surface area contributed by atoms with Crippen molar-refractivity contribution in [2.24, 2.45) is 0 Å². The third-order valence-corrected chi connectivity index (χ3v) is 5.98. The van der Waals surface area contributed by atoms with Crippen molar-refractivity contribution in [3.05, 3.63) is 33.1 Å². The number of carbonyl (C=O) groups is 2. The van der Waals surface area contributed by atoms with Gasteiger partial charge in [0.2, 0.25) is 11.8 Å². The van der Waals surface area contributed by atoms with Gasteiger partial charge in [-0.15, -0.1) is 11.3 Å². The Bertz CT molecular complexity index is 809. The lowest BCUT2D eigenvalue weighted by molar-refractivity contribution is -0.121. The highest BCUT2D eigenvalue weighted by Crippen LogP contribution is 2.28. The number of amides is 2. The lowest BCUT2D eigenvalue weighted by Crippen LogP contribution is -2.41. The van der Waals surface area contributed by atoms with E-state index in [0.29, 0.717) is 23.0 Å². The Balaban J connectivity index is 1.47. The van der Waals surface area contributed by atoms with Crippen molar-refractivity contribution >= 4 is 23.2 Å². The maximum Gasteiger partial charge on any atom is 0.279 e. The molecule has 8 heteroatoms. The Hall–Kier alpha value is -2.22. The van der Waals surface area contributed by atoms with Gasteiger partial charge in [-0.1, -0.05) is 38.8 Å². The second-order valence-electron chi connectivity index (χ2n) is 8.24. The molecule has 0 atom stereocenters. The zero-order valence-corrected chi connectivity index (χ0v) is 17.6. The fraction of sp³-hybridized carbons (Fsp3) is 0.600. The number of hydrazine groups is 1. The van der Waals surface area contributed by atoms with Gasteiger partial charge in [0.05, 0.1) is 4.88 Å². The molecule has 28 heavy (non-hydrogen) atoms. The van der Waals surface area contributed by atoms with Crippen molar-refractivity contribution in [2.75, 3.05) is 0 Å². The smallest absolute Gasteiger partial charge is 0.279 e. The molecule has 0 radical (unpaired) electrons. The highest BCUT2D eigenvalue weighted by molar-refractivity contribution is 7.14. The van der Waals surface area contributed by atoms with Gasteiger partial charge in [0.25, 0.3) is 5.91 Å². The first kappa shape index (κ1) is 20.5. The van der Waals surface area contributed by atoms with Crippen molar-refractivity contribution in [3.63, 3.8) is 0 Å².